The first-order chi connectivity index (χ1) is 10.3. The summed E-state index contributed by atoms with van der Waals surface area (Å²) in [6.07, 6.45) is 9.70. The molecular weight excluding hydrogens is 262 g/mol. The number of nitrogens with one attached hydrogen (secondary N) is 1. The van der Waals surface area contributed by atoms with Crippen molar-refractivity contribution in [2.75, 3.05) is 6.54 Å². The molecule has 4 nitrogen and oxygen atoms in total. The van der Waals surface area contributed by atoms with Crippen molar-refractivity contribution in [1.82, 2.24) is 14.9 Å². The molecule has 108 valence electrons. The second-order valence-corrected chi connectivity index (χ2v) is 5.29. The van der Waals surface area contributed by atoms with Crippen LogP contribution in [0, 0.1) is 0 Å². The molecule has 4 heteroatoms. The van der Waals surface area contributed by atoms with Gasteiger partial charge in [0.25, 0.3) is 0 Å². The Morgan fingerprint density at radius 3 is 2.90 bits per heavy atom. The Hall–Kier alpha value is -2.36. The van der Waals surface area contributed by atoms with Gasteiger partial charge in [0.05, 0.1) is 0 Å². The van der Waals surface area contributed by atoms with E-state index in [0.717, 1.165) is 17.9 Å². The molecule has 21 heavy (non-hydrogen) atoms. The molecule has 0 saturated heterocycles. The Morgan fingerprint density at radius 1 is 1.33 bits per heavy atom. The lowest BCUT2D eigenvalue weighted by atomic mass is 10.2. The first-order valence-corrected chi connectivity index (χ1v) is 7.35. The first-order valence-electron chi connectivity index (χ1n) is 7.35. The Kier molecular flexibility index (Phi) is 4.15. The van der Waals surface area contributed by atoms with Crippen molar-refractivity contribution in [3.05, 3.63) is 60.2 Å². The number of carbonyl (C=O) groups is 1. The highest BCUT2D eigenvalue weighted by Gasteiger charge is 2.27. The Labute approximate surface area is 124 Å². The van der Waals surface area contributed by atoms with Gasteiger partial charge in [-0.3, -0.25) is 4.79 Å². The number of benzene rings is 1. The van der Waals surface area contributed by atoms with Crippen LogP contribution in [0.4, 0.5) is 0 Å². The van der Waals surface area contributed by atoms with E-state index in [1.54, 1.807) is 6.08 Å². The third-order valence-electron chi connectivity index (χ3n) is 3.57. The van der Waals surface area contributed by atoms with E-state index in [-0.39, 0.29) is 5.91 Å². The fourth-order valence-electron chi connectivity index (χ4n) is 2.31. The van der Waals surface area contributed by atoms with Crippen LogP contribution < -0.4 is 5.32 Å². The predicted octanol–water partition coefficient (Wildman–Crippen LogP) is 2.59. The van der Waals surface area contributed by atoms with E-state index >= 15 is 0 Å². The quantitative estimate of drug-likeness (QED) is 0.827. The topological polar surface area (TPSA) is 46.9 Å². The molecule has 1 aliphatic rings. The van der Waals surface area contributed by atoms with Gasteiger partial charge in [-0.05, 0) is 24.5 Å². The zero-order valence-corrected chi connectivity index (χ0v) is 11.9. The fourth-order valence-corrected chi connectivity index (χ4v) is 2.31. The molecule has 1 amide bonds. The molecular formula is C17H19N3O. The van der Waals surface area contributed by atoms with Gasteiger partial charge in [-0.15, -0.1) is 0 Å². The molecule has 0 radical (unpaired) electrons. The van der Waals surface area contributed by atoms with E-state index in [2.05, 4.69) is 14.9 Å². The van der Waals surface area contributed by atoms with E-state index in [9.17, 15) is 4.79 Å². The third-order valence-corrected chi connectivity index (χ3v) is 3.57. The number of hydrogen-bond donors (Lipinski definition) is 1. The number of imidazole rings is 1. The number of aromatic nitrogens is 2. The molecule has 0 atom stereocenters. The van der Waals surface area contributed by atoms with Crippen molar-refractivity contribution in [2.45, 2.75) is 25.3 Å². The zero-order valence-electron chi connectivity index (χ0n) is 11.9. The van der Waals surface area contributed by atoms with Crippen molar-refractivity contribution >= 4 is 12.0 Å². The van der Waals surface area contributed by atoms with Crippen LogP contribution >= 0.6 is 0 Å². The van der Waals surface area contributed by atoms with Gasteiger partial charge >= 0.3 is 0 Å². The molecule has 1 N–H and O–H groups in total. The second-order valence-electron chi connectivity index (χ2n) is 5.29. The molecule has 1 aliphatic carbocycles. The van der Waals surface area contributed by atoms with Crippen molar-refractivity contribution in [1.29, 1.82) is 0 Å². The summed E-state index contributed by atoms with van der Waals surface area (Å²) in [5, 5.41) is 2.90. The van der Waals surface area contributed by atoms with Gasteiger partial charge in [0.1, 0.15) is 5.82 Å². The van der Waals surface area contributed by atoms with E-state index in [1.165, 1.54) is 12.8 Å². The van der Waals surface area contributed by atoms with E-state index in [4.69, 9.17) is 0 Å². The highest BCUT2D eigenvalue weighted by Crippen LogP contribution is 2.38. The van der Waals surface area contributed by atoms with E-state index in [1.807, 2.05) is 48.8 Å². The molecule has 0 unspecified atom stereocenters. The average molecular weight is 281 g/mol. The lowest BCUT2D eigenvalue weighted by Crippen LogP contribution is -2.25. The smallest absolute Gasteiger partial charge is 0.244 e. The number of nitrogens with zero attached hydrogens (tertiary/aromatic N) is 2. The summed E-state index contributed by atoms with van der Waals surface area (Å²) in [6, 6.07) is 9.81. The summed E-state index contributed by atoms with van der Waals surface area (Å²) < 4.78 is 2.14. The van der Waals surface area contributed by atoms with Crippen LogP contribution in [0.1, 0.15) is 30.1 Å². The monoisotopic (exact) mass is 281 g/mol. The van der Waals surface area contributed by atoms with Crippen molar-refractivity contribution in [3.8, 4) is 0 Å². The summed E-state index contributed by atoms with van der Waals surface area (Å²) in [5.74, 6) is 1.73. The van der Waals surface area contributed by atoms with Gasteiger partial charge in [-0.2, -0.15) is 0 Å². The van der Waals surface area contributed by atoms with Gasteiger partial charge in [0, 0.05) is 37.5 Å². The lowest BCUT2D eigenvalue weighted by molar-refractivity contribution is -0.116. The highest BCUT2D eigenvalue weighted by molar-refractivity contribution is 5.91. The number of carbonyl (C=O) groups excluding carboxylic acids is 1. The van der Waals surface area contributed by atoms with Gasteiger partial charge in [-0.1, -0.05) is 30.3 Å². The minimum absolute atomic E-state index is 0.0630. The zero-order chi connectivity index (χ0) is 14.5. The maximum Gasteiger partial charge on any atom is 0.244 e. The summed E-state index contributed by atoms with van der Waals surface area (Å²) >= 11 is 0. The van der Waals surface area contributed by atoms with Crippen LogP contribution in [0.3, 0.4) is 0 Å². The van der Waals surface area contributed by atoms with Crippen LogP contribution in [-0.4, -0.2) is 22.0 Å². The molecule has 1 aromatic heterocycles. The maximum absolute atomic E-state index is 11.8. The number of hydrogen-bond acceptors (Lipinski definition) is 2. The van der Waals surface area contributed by atoms with Gasteiger partial charge in [-0.25, -0.2) is 4.98 Å². The molecule has 3 rings (SSSR count). The largest absolute Gasteiger partial charge is 0.351 e. The molecule has 0 bridgehead atoms. The Bertz CT molecular complexity index is 626. The van der Waals surface area contributed by atoms with Crippen LogP contribution in [0.2, 0.25) is 0 Å². The second kappa shape index (κ2) is 6.39. The number of rotatable bonds is 6. The summed E-state index contributed by atoms with van der Waals surface area (Å²) in [5.41, 5.74) is 1.03. The first kappa shape index (κ1) is 13.6. The van der Waals surface area contributed by atoms with Gasteiger partial charge < -0.3 is 9.88 Å². The summed E-state index contributed by atoms with van der Waals surface area (Å²) in [6.45, 7) is 1.39. The lowest BCUT2D eigenvalue weighted by Gasteiger charge is -2.07. The maximum atomic E-state index is 11.8. The molecule has 1 fully saturated rings. The molecule has 0 spiro atoms. The number of amides is 1. The van der Waals surface area contributed by atoms with Gasteiger partial charge in [0.2, 0.25) is 5.91 Å². The standard InChI is InChI=1S/C17H19N3O/c21-16(9-6-14-4-2-1-3-5-14)18-10-12-20-13-11-19-17(20)15-7-8-15/h1-6,9,11,13,15H,7-8,10,12H2,(H,18,21)/b9-6+. The SMILES string of the molecule is O=C(/C=C/c1ccccc1)NCCn1ccnc1C1CC1. The summed E-state index contributed by atoms with van der Waals surface area (Å²) in [4.78, 5) is 16.1. The Balaban J connectivity index is 1.45. The van der Waals surface area contributed by atoms with Gasteiger partial charge in [0.15, 0.2) is 0 Å². The highest BCUT2D eigenvalue weighted by atomic mass is 16.1. The molecule has 1 aromatic carbocycles. The molecule has 0 aliphatic heterocycles. The van der Waals surface area contributed by atoms with Crippen molar-refractivity contribution in [2.24, 2.45) is 0 Å². The van der Waals surface area contributed by atoms with Crippen LogP contribution in [-0.2, 0) is 11.3 Å². The fraction of sp³-hybridized carbons (Fsp3) is 0.294. The van der Waals surface area contributed by atoms with E-state index in [0.29, 0.717) is 12.5 Å². The third kappa shape index (κ3) is 3.81. The predicted molar refractivity (Wildman–Crippen MR) is 82.7 cm³/mol. The van der Waals surface area contributed by atoms with Crippen molar-refractivity contribution in [3.63, 3.8) is 0 Å². The summed E-state index contributed by atoms with van der Waals surface area (Å²) in [7, 11) is 0. The normalized spacial score (nSPS) is 14.5. The molecule has 2 aromatic rings. The van der Waals surface area contributed by atoms with Crippen LogP contribution in [0.25, 0.3) is 6.08 Å². The van der Waals surface area contributed by atoms with E-state index < -0.39 is 0 Å². The van der Waals surface area contributed by atoms with Crippen LogP contribution in [0.5, 0.6) is 0 Å². The molecule has 1 heterocycles. The van der Waals surface area contributed by atoms with Crippen molar-refractivity contribution < 1.29 is 4.79 Å². The molecule has 1 saturated carbocycles. The minimum Gasteiger partial charge on any atom is -0.351 e. The van der Waals surface area contributed by atoms with Crippen LogP contribution in [0.15, 0.2) is 48.8 Å². The average Bonchev–Trinajstić information content (AvgIpc) is 3.26. The minimum atomic E-state index is -0.0630. The Morgan fingerprint density at radius 2 is 2.14 bits per heavy atom.